The van der Waals surface area contributed by atoms with Crippen LogP contribution < -0.4 is 10.6 Å². The number of hydrogen-bond acceptors (Lipinski definition) is 9. The van der Waals surface area contributed by atoms with Crippen molar-refractivity contribution in [1.82, 2.24) is 10.6 Å². The van der Waals surface area contributed by atoms with Crippen LogP contribution in [0, 0.1) is 5.92 Å². The number of esters is 1. The Balaban J connectivity index is 1.49. The first kappa shape index (κ1) is 32.9. The first-order valence-corrected chi connectivity index (χ1v) is 14.4. The van der Waals surface area contributed by atoms with E-state index in [9.17, 15) is 19.5 Å². The lowest BCUT2D eigenvalue weighted by Crippen LogP contribution is -2.51. The molecule has 9 atom stereocenters. The monoisotopic (exact) mass is 578 g/mol. The zero-order valence-electron chi connectivity index (χ0n) is 24.7. The topological polar surface area (TPSA) is 156 Å². The van der Waals surface area contributed by atoms with Gasteiger partial charge in [-0.2, -0.15) is 0 Å². The summed E-state index contributed by atoms with van der Waals surface area (Å²) in [5.74, 6) is -0.655. The third-order valence-corrected chi connectivity index (χ3v) is 7.77. The van der Waals surface area contributed by atoms with E-state index in [0.717, 1.165) is 12.0 Å². The Kier molecular flexibility index (Phi) is 12.1. The van der Waals surface area contributed by atoms with E-state index in [1.54, 1.807) is 13.0 Å². The van der Waals surface area contributed by atoms with Crippen molar-refractivity contribution >= 4 is 17.8 Å². The maximum absolute atomic E-state index is 12.4. The summed E-state index contributed by atoms with van der Waals surface area (Å²) in [6.45, 7) is 9.54. The second-order valence-electron chi connectivity index (χ2n) is 11.4. The molecule has 3 rings (SSSR count). The van der Waals surface area contributed by atoms with Crippen LogP contribution in [0.3, 0.4) is 0 Å². The lowest BCUT2D eigenvalue weighted by Gasteiger charge is -2.39. The Hall–Kier alpha value is -2.57. The number of nitrogens with one attached hydrogen (secondary N) is 2. The number of aliphatic hydroxyl groups is 2. The van der Waals surface area contributed by atoms with Crippen LogP contribution in [0.1, 0.15) is 60.3 Å². The van der Waals surface area contributed by atoms with Crippen molar-refractivity contribution in [3.63, 3.8) is 0 Å². The minimum Gasteiger partial charge on any atom is -0.459 e. The van der Waals surface area contributed by atoms with Gasteiger partial charge in [-0.3, -0.25) is 14.4 Å². The molecule has 0 saturated carbocycles. The molecule has 0 aliphatic carbocycles. The molecule has 11 heteroatoms. The zero-order valence-corrected chi connectivity index (χ0v) is 24.7. The maximum Gasteiger partial charge on any atom is 0.303 e. The molecule has 4 N–H and O–H groups in total. The van der Waals surface area contributed by atoms with E-state index in [-0.39, 0.29) is 55.6 Å². The quantitative estimate of drug-likeness (QED) is 0.117. The first-order chi connectivity index (χ1) is 19.4. The fraction of sp³-hybridized carbons (Fsp3) is 0.700. The minimum atomic E-state index is -0.822. The molecule has 1 unspecified atom stereocenters. The number of ether oxygens (including phenoxy) is 4. The van der Waals surface area contributed by atoms with Gasteiger partial charge in [-0.1, -0.05) is 30.7 Å². The number of hydrogen-bond donors (Lipinski definition) is 4. The summed E-state index contributed by atoms with van der Waals surface area (Å²) >= 11 is 0. The van der Waals surface area contributed by atoms with Gasteiger partial charge in [0.2, 0.25) is 11.8 Å². The predicted molar refractivity (Wildman–Crippen MR) is 151 cm³/mol. The SMILES string of the molecule is CC(=O)OC(C)C=CC(=O)N[C@@H]1C[C@H](C)[C@H](CC=C(C)C=C[C@H]2O[C@H](CC(=O)NCCO)C[C@@]3(CO3)[C@@H]2O)O[C@@H]1C. The molecular weight excluding hydrogens is 532 g/mol. The van der Waals surface area contributed by atoms with Crippen LogP contribution in [0.4, 0.5) is 0 Å². The molecule has 3 saturated heterocycles. The fourth-order valence-electron chi connectivity index (χ4n) is 5.36. The summed E-state index contributed by atoms with van der Waals surface area (Å²) in [5.41, 5.74) is 0.316. The third-order valence-electron chi connectivity index (χ3n) is 7.77. The minimum absolute atomic E-state index is 0.0116. The third kappa shape index (κ3) is 10.0. The van der Waals surface area contributed by atoms with E-state index in [4.69, 9.17) is 24.1 Å². The summed E-state index contributed by atoms with van der Waals surface area (Å²) < 4.78 is 22.9. The normalized spacial score (nSPS) is 34.5. The molecule has 230 valence electrons. The standard InChI is InChI=1S/C30H46N2O9/c1-18(7-10-26-29(37)30(17-38-30)16-23(41-26)15-28(36)31-12-13-33)6-9-25-19(2)14-24(21(4)40-25)32-27(35)11-8-20(3)39-22(5)34/h6-8,10-11,19-21,23-26,29,33,37H,9,12-17H2,1-5H3,(H,31,36)(H,32,35)/t19-,20?,21+,23+,24+,25-,26+,29+,30+/m0/s1. The van der Waals surface area contributed by atoms with Crippen LogP contribution in [0.2, 0.25) is 0 Å². The van der Waals surface area contributed by atoms with E-state index >= 15 is 0 Å². The van der Waals surface area contributed by atoms with E-state index in [1.165, 1.54) is 13.0 Å². The molecule has 11 nitrogen and oxygen atoms in total. The second kappa shape index (κ2) is 15.1. The van der Waals surface area contributed by atoms with Crippen LogP contribution in [0.25, 0.3) is 0 Å². The Morgan fingerprint density at radius 3 is 2.56 bits per heavy atom. The van der Waals surface area contributed by atoms with E-state index in [2.05, 4.69) is 23.6 Å². The lowest BCUT2D eigenvalue weighted by atomic mass is 9.87. The molecule has 3 fully saturated rings. The predicted octanol–water partition coefficient (Wildman–Crippen LogP) is 1.47. The van der Waals surface area contributed by atoms with Gasteiger partial charge in [-0.05, 0) is 45.6 Å². The summed E-state index contributed by atoms with van der Waals surface area (Å²) in [4.78, 5) is 35.5. The van der Waals surface area contributed by atoms with Crippen LogP contribution >= 0.6 is 0 Å². The van der Waals surface area contributed by atoms with Crippen molar-refractivity contribution in [3.05, 3.63) is 36.0 Å². The van der Waals surface area contributed by atoms with Gasteiger partial charge in [0.25, 0.3) is 0 Å². The highest BCUT2D eigenvalue weighted by molar-refractivity contribution is 5.87. The summed E-state index contributed by atoms with van der Waals surface area (Å²) in [6, 6.07) is -0.132. The molecule has 0 aromatic heterocycles. The first-order valence-electron chi connectivity index (χ1n) is 14.4. The van der Waals surface area contributed by atoms with Crippen molar-refractivity contribution < 1.29 is 43.5 Å². The largest absolute Gasteiger partial charge is 0.459 e. The molecule has 0 aromatic rings. The number of carbonyl (C=O) groups is 3. The van der Waals surface area contributed by atoms with Crippen molar-refractivity contribution in [1.29, 1.82) is 0 Å². The number of carbonyl (C=O) groups excluding carboxylic acids is 3. The van der Waals surface area contributed by atoms with Crippen LogP contribution in [-0.4, -0.2) is 96.0 Å². The van der Waals surface area contributed by atoms with Crippen molar-refractivity contribution in [2.45, 2.75) is 109 Å². The molecule has 0 radical (unpaired) electrons. The molecule has 1 spiro atoms. The molecule has 41 heavy (non-hydrogen) atoms. The summed E-state index contributed by atoms with van der Waals surface area (Å²) in [5, 5.41) is 25.4. The number of allylic oxidation sites excluding steroid dienone is 2. The van der Waals surface area contributed by atoms with Gasteiger partial charge in [0.05, 0.1) is 44.0 Å². The van der Waals surface area contributed by atoms with Gasteiger partial charge in [0.15, 0.2) is 0 Å². The van der Waals surface area contributed by atoms with Crippen LogP contribution in [0.5, 0.6) is 0 Å². The van der Waals surface area contributed by atoms with Gasteiger partial charge in [0.1, 0.15) is 23.9 Å². The number of epoxide rings is 1. The van der Waals surface area contributed by atoms with Gasteiger partial charge < -0.3 is 39.8 Å². The smallest absolute Gasteiger partial charge is 0.303 e. The van der Waals surface area contributed by atoms with Gasteiger partial charge >= 0.3 is 5.97 Å². The average Bonchev–Trinajstić information content (AvgIpc) is 3.68. The Morgan fingerprint density at radius 2 is 1.90 bits per heavy atom. The summed E-state index contributed by atoms with van der Waals surface area (Å²) in [6.07, 6.45) is 8.29. The highest BCUT2D eigenvalue weighted by Gasteiger charge is 2.58. The van der Waals surface area contributed by atoms with Crippen LogP contribution in [0.15, 0.2) is 36.0 Å². The molecule has 0 bridgehead atoms. The number of rotatable bonds is 12. The molecule has 3 aliphatic heterocycles. The number of amides is 2. The molecule has 3 heterocycles. The van der Waals surface area contributed by atoms with Crippen molar-refractivity contribution in [2.24, 2.45) is 5.92 Å². The van der Waals surface area contributed by atoms with E-state index < -0.39 is 36.0 Å². The molecular formula is C30H46N2O9. The van der Waals surface area contributed by atoms with Gasteiger partial charge in [-0.25, -0.2) is 0 Å². The van der Waals surface area contributed by atoms with Crippen molar-refractivity contribution in [2.75, 3.05) is 19.8 Å². The number of aliphatic hydroxyl groups excluding tert-OH is 2. The fourth-order valence-corrected chi connectivity index (χ4v) is 5.36. The maximum atomic E-state index is 12.4. The Labute approximate surface area is 242 Å². The average molecular weight is 579 g/mol. The Morgan fingerprint density at radius 1 is 1.17 bits per heavy atom. The van der Waals surface area contributed by atoms with E-state index in [1.807, 2.05) is 26.0 Å². The molecule has 2 amide bonds. The summed E-state index contributed by atoms with van der Waals surface area (Å²) in [7, 11) is 0. The second-order valence-corrected chi connectivity index (χ2v) is 11.4. The highest BCUT2D eigenvalue weighted by Crippen LogP contribution is 2.43. The highest BCUT2D eigenvalue weighted by atomic mass is 16.6. The van der Waals surface area contributed by atoms with Gasteiger partial charge in [-0.15, -0.1) is 0 Å². The van der Waals surface area contributed by atoms with E-state index in [0.29, 0.717) is 19.4 Å². The van der Waals surface area contributed by atoms with Gasteiger partial charge in [0, 0.05) is 26.0 Å². The molecule has 0 aromatic carbocycles. The van der Waals surface area contributed by atoms with Crippen LogP contribution in [-0.2, 0) is 33.3 Å². The molecule has 3 aliphatic rings. The lowest BCUT2D eigenvalue weighted by molar-refractivity contribution is -0.145. The van der Waals surface area contributed by atoms with Crippen molar-refractivity contribution in [3.8, 4) is 0 Å². The zero-order chi connectivity index (χ0) is 30.2. The Bertz CT molecular complexity index is 1010.